The van der Waals surface area contributed by atoms with E-state index in [1.807, 2.05) is 66.7 Å². The van der Waals surface area contributed by atoms with Gasteiger partial charge in [0.1, 0.15) is 11.4 Å². The van der Waals surface area contributed by atoms with Crippen LogP contribution in [-0.4, -0.2) is 20.2 Å². The Morgan fingerprint density at radius 3 is 2.27 bits per heavy atom. The Kier molecular flexibility index (Phi) is 3.05. The zero-order chi connectivity index (χ0) is 14.8. The lowest BCUT2D eigenvalue weighted by Gasteiger charge is -2.03. The van der Waals surface area contributed by atoms with Gasteiger partial charge in [0.25, 0.3) is 0 Å². The summed E-state index contributed by atoms with van der Waals surface area (Å²) in [5, 5.41) is 9.56. The number of fused-ring (bicyclic) bond motifs is 1. The standard InChI is InChI=1S/C18H12N4/c1-2-6-13(7-3-1)17-12-19-18(22-21-17)16-11-10-14-8-4-5-9-15(14)20-16/h1-12H. The largest absolute Gasteiger partial charge is 0.244 e. The number of pyridine rings is 1. The molecular formula is C18H12N4. The molecule has 0 spiro atoms. The Labute approximate surface area is 127 Å². The highest BCUT2D eigenvalue weighted by atomic mass is 15.2. The van der Waals surface area contributed by atoms with Crippen molar-refractivity contribution in [2.45, 2.75) is 0 Å². The van der Waals surface area contributed by atoms with Crippen molar-refractivity contribution < 1.29 is 0 Å². The van der Waals surface area contributed by atoms with E-state index >= 15 is 0 Å². The summed E-state index contributed by atoms with van der Waals surface area (Å²) in [6, 6.07) is 21.8. The fraction of sp³-hybridized carbons (Fsp3) is 0. The van der Waals surface area contributed by atoms with Gasteiger partial charge in [0.2, 0.25) is 0 Å². The fourth-order valence-electron chi connectivity index (χ4n) is 2.32. The number of rotatable bonds is 2. The van der Waals surface area contributed by atoms with E-state index in [9.17, 15) is 0 Å². The minimum Gasteiger partial charge on any atom is -0.244 e. The minimum absolute atomic E-state index is 0.533. The van der Waals surface area contributed by atoms with Crippen molar-refractivity contribution in [2.24, 2.45) is 0 Å². The third-order valence-corrected chi connectivity index (χ3v) is 3.46. The molecule has 4 nitrogen and oxygen atoms in total. The first-order valence-corrected chi connectivity index (χ1v) is 7.01. The number of benzene rings is 2. The van der Waals surface area contributed by atoms with Crippen LogP contribution in [0.25, 0.3) is 33.7 Å². The summed E-state index contributed by atoms with van der Waals surface area (Å²) in [6.07, 6.45) is 1.73. The van der Waals surface area contributed by atoms with E-state index in [1.165, 1.54) is 0 Å². The van der Waals surface area contributed by atoms with Crippen LogP contribution in [-0.2, 0) is 0 Å². The van der Waals surface area contributed by atoms with Gasteiger partial charge in [-0.3, -0.25) is 0 Å². The molecule has 2 aromatic heterocycles. The maximum Gasteiger partial charge on any atom is 0.200 e. The van der Waals surface area contributed by atoms with Crippen molar-refractivity contribution >= 4 is 10.9 Å². The van der Waals surface area contributed by atoms with E-state index in [4.69, 9.17) is 0 Å². The molecule has 4 rings (SSSR count). The lowest BCUT2D eigenvalue weighted by molar-refractivity contribution is 0.979. The molecular weight excluding hydrogens is 272 g/mol. The van der Waals surface area contributed by atoms with E-state index in [2.05, 4.69) is 20.2 Å². The lowest BCUT2D eigenvalue weighted by atomic mass is 10.2. The van der Waals surface area contributed by atoms with Crippen LogP contribution in [0.4, 0.5) is 0 Å². The van der Waals surface area contributed by atoms with E-state index < -0.39 is 0 Å². The van der Waals surface area contributed by atoms with Gasteiger partial charge >= 0.3 is 0 Å². The average molecular weight is 284 g/mol. The lowest BCUT2D eigenvalue weighted by Crippen LogP contribution is -1.96. The summed E-state index contributed by atoms with van der Waals surface area (Å²) in [6.45, 7) is 0. The van der Waals surface area contributed by atoms with Crippen LogP contribution >= 0.6 is 0 Å². The summed E-state index contributed by atoms with van der Waals surface area (Å²) >= 11 is 0. The second-order valence-corrected chi connectivity index (χ2v) is 4.92. The average Bonchev–Trinajstić information content (AvgIpc) is 2.62. The van der Waals surface area contributed by atoms with Gasteiger partial charge in [-0.15, -0.1) is 10.2 Å². The van der Waals surface area contributed by atoms with Crippen LogP contribution < -0.4 is 0 Å². The van der Waals surface area contributed by atoms with Gasteiger partial charge in [-0.1, -0.05) is 54.6 Å². The first-order chi connectivity index (χ1) is 10.9. The fourth-order valence-corrected chi connectivity index (χ4v) is 2.32. The van der Waals surface area contributed by atoms with Crippen LogP contribution in [0.5, 0.6) is 0 Å². The third kappa shape index (κ3) is 2.31. The summed E-state index contributed by atoms with van der Waals surface area (Å²) < 4.78 is 0. The zero-order valence-electron chi connectivity index (χ0n) is 11.7. The maximum absolute atomic E-state index is 4.58. The number of nitrogens with zero attached hydrogens (tertiary/aromatic N) is 4. The van der Waals surface area contributed by atoms with E-state index in [0.29, 0.717) is 5.82 Å². The number of aromatic nitrogens is 4. The molecule has 2 aromatic carbocycles. The molecule has 0 bridgehead atoms. The van der Waals surface area contributed by atoms with Crippen molar-refractivity contribution in [3.63, 3.8) is 0 Å². The summed E-state index contributed by atoms with van der Waals surface area (Å²) in [4.78, 5) is 8.98. The molecule has 0 aliphatic carbocycles. The second kappa shape index (κ2) is 5.33. The van der Waals surface area contributed by atoms with Crippen LogP contribution in [0.1, 0.15) is 0 Å². The molecule has 0 radical (unpaired) electrons. The maximum atomic E-state index is 4.58. The summed E-state index contributed by atoms with van der Waals surface area (Å²) in [5.41, 5.74) is 3.41. The first-order valence-electron chi connectivity index (χ1n) is 7.01. The van der Waals surface area contributed by atoms with Gasteiger partial charge in [0, 0.05) is 10.9 Å². The molecule has 0 unspecified atom stereocenters. The molecule has 0 aliphatic rings. The molecule has 4 heteroatoms. The molecule has 0 N–H and O–H groups in total. The van der Waals surface area contributed by atoms with Crippen molar-refractivity contribution in [2.75, 3.05) is 0 Å². The van der Waals surface area contributed by atoms with Crippen molar-refractivity contribution in [1.29, 1.82) is 0 Å². The van der Waals surface area contributed by atoms with Crippen molar-refractivity contribution in [1.82, 2.24) is 20.2 Å². The van der Waals surface area contributed by atoms with E-state index in [1.54, 1.807) is 6.20 Å². The quantitative estimate of drug-likeness (QED) is 0.562. The summed E-state index contributed by atoms with van der Waals surface area (Å²) in [7, 11) is 0. The van der Waals surface area contributed by atoms with Crippen LogP contribution in [0.3, 0.4) is 0 Å². The van der Waals surface area contributed by atoms with Crippen molar-refractivity contribution in [3.05, 3.63) is 72.9 Å². The Morgan fingerprint density at radius 1 is 0.636 bits per heavy atom. The van der Waals surface area contributed by atoms with E-state index in [-0.39, 0.29) is 0 Å². The highest BCUT2D eigenvalue weighted by molar-refractivity contribution is 5.80. The highest BCUT2D eigenvalue weighted by Gasteiger charge is 2.06. The highest BCUT2D eigenvalue weighted by Crippen LogP contribution is 2.19. The number of para-hydroxylation sites is 1. The van der Waals surface area contributed by atoms with Gasteiger partial charge < -0.3 is 0 Å². The van der Waals surface area contributed by atoms with Crippen LogP contribution in [0.15, 0.2) is 72.9 Å². The minimum atomic E-state index is 0.533. The van der Waals surface area contributed by atoms with Gasteiger partial charge in [0.05, 0.1) is 11.7 Å². The van der Waals surface area contributed by atoms with Gasteiger partial charge in [0.15, 0.2) is 5.82 Å². The molecule has 4 aromatic rings. The smallest absolute Gasteiger partial charge is 0.200 e. The third-order valence-electron chi connectivity index (χ3n) is 3.46. The van der Waals surface area contributed by atoms with Gasteiger partial charge in [-0.2, -0.15) is 0 Å². The predicted octanol–water partition coefficient (Wildman–Crippen LogP) is 3.75. The normalized spacial score (nSPS) is 10.7. The molecule has 0 amide bonds. The topological polar surface area (TPSA) is 51.6 Å². The molecule has 0 fully saturated rings. The van der Waals surface area contributed by atoms with Crippen LogP contribution in [0, 0.1) is 0 Å². The van der Waals surface area contributed by atoms with Gasteiger partial charge in [-0.05, 0) is 12.1 Å². The molecule has 0 saturated heterocycles. The first kappa shape index (κ1) is 12.6. The zero-order valence-corrected chi connectivity index (χ0v) is 11.7. The summed E-state index contributed by atoms with van der Waals surface area (Å²) in [5.74, 6) is 0.533. The molecule has 2 heterocycles. The Bertz CT molecular complexity index is 918. The predicted molar refractivity (Wildman–Crippen MR) is 86.0 cm³/mol. The van der Waals surface area contributed by atoms with E-state index in [0.717, 1.165) is 27.9 Å². The Balaban J connectivity index is 1.73. The molecule has 22 heavy (non-hydrogen) atoms. The monoisotopic (exact) mass is 284 g/mol. The molecule has 0 aliphatic heterocycles. The number of hydrogen-bond acceptors (Lipinski definition) is 4. The molecule has 104 valence electrons. The molecule has 0 saturated carbocycles. The van der Waals surface area contributed by atoms with Crippen LogP contribution in [0.2, 0.25) is 0 Å². The molecule has 0 atom stereocenters. The SMILES string of the molecule is c1ccc(-c2cnc(-c3ccc4ccccc4n3)nn2)cc1. The Morgan fingerprint density at radius 2 is 1.45 bits per heavy atom. The number of hydrogen-bond donors (Lipinski definition) is 0. The van der Waals surface area contributed by atoms with Crippen molar-refractivity contribution in [3.8, 4) is 22.8 Å². The van der Waals surface area contributed by atoms with Gasteiger partial charge in [-0.25, -0.2) is 9.97 Å². The Hall–Kier alpha value is -3.14. The second-order valence-electron chi connectivity index (χ2n) is 4.92.